The first-order valence-corrected chi connectivity index (χ1v) is 10.4. The van der Waals surface area contributed by atoms with Crippen LogP contribution in [-0.2, 0) is 4.79 Å². The van der Waals surface area contributed by atoms with E-state index in [2.05, 4.69) is 10.6 Å². The van der Waals surface area contributed by atoms with E-state index < -0.39 is 0 Å². The van der Waals surface area contributed by atoms with Crippen LogP contribution < -0.4 is 10.6 Å². The Hall–Kier alpha value is -3.05. The van der Waals surface area contributed by atoms with Gasteiger partial charge in [0.15, 0.2) is 0 Å². The zero-order valence-electron chi connectivity index (χ0n) is 16.8. The van der Waals surface area contributed by atoms with Gasteiger partial charge < -0.3 is 10.6 Å². The molecule has 0 saturated heterocycles. The third kappa shape index (κ3) is 5.72. The topological polar surface area (TPSA) is 58.2 Å². The molecule has 3 aromatic carbocycles. The van der Waals surface area contributed by atoms with Crippen LogP contribution in [0.25, 0.3) is 0 Å². The fraction of sp³-hybridized carbons (Fsp3) is 0.167. The van der Waals surface area contributed by atoms with Gasteiger partial charge in [0.05, 0.1) is 5.75 Å². The molecule has 0 aliphatic rings. The lowest BCUT2D eigenvalue weighted by Crippen LogP contribution is -2.15. The molecule has 0 aliphatic carbocycles. The molecular formula is C24H24N2O2S. The van der Waals surface area contributed by atoms with Crippen molar-refractivity contribution in [3.05, 3.63) is 89.0 Å². The van der Waals surface area contributed by atoms with Gasteiger partial charge in [-0.15, -0.1) is 11.8 Å². The Morgan fingerprint density at radius 1 is 0.828 bits per heavy atom. The lowest BCUT2D eigenvalue weighted by atomic mass is 10.1. The number of rotatable bonds is 6. The normalized spacial score (nSPS) is 10.4. The van der Waals surface area contributed by atoms with Crippen molar-refractivity contribution in [3.63, 3.8) is 0 Å². The first-order chi connectivity index (χ1) is 13.9. The molecule has 29 heavy (non-hydrogen) atoms. The third-order valence-electron chi connectivity index (χ3n) is 4.67. The minimum absolute atomic E-state index is 0.0412. The molecule has 0 aromatic heterocycles. The SMILES string of the molecule is Cc1ccc(C(=O)Nc2ccc(SCC(=O)Nc3cccc(C)c3C)cc2)cc1. The van der Waals surface area contributed by atoms with Crippen LogP contribution in [-0.4, -0.2) is 17.6 Å². The summed E-state index contributed by atoms with van der Waals surface area (Å²) in [4.78, 5) is 25.5. The summed E-state index contributed by atoms with van der Waals surface area (Å²) < 4.78 is 0. The van der Waals surface area contributed by atoms with Gasteiger partial charge >= 0.3 is 0 Å². The predicted octanol–water partition coefficient (Wildman–Crippen LogP) is 5.59. The highest BCUT2D eigenvalue weighted by Gasteiger charge is 2.08. The first kappa shape index (κ1) is 20.7. The highest BCUT2D eigenvalue weighted by atomic mass is 32.2. The number of benzene rings is 3. The van der Waals surface area contributed by atoms with E-state index in [9.17, 15) is 9.59 Å². The van der Waals surface area contributed by atoms with E-state index in [-0.39, 0.29) is 11.8 Å². The number of carbonyl (C=O) groups is 2. The van der Waals surface area contributed by atoms with Crippen molar-refractivity contribution in [3.8, 4) is 0 Å². The van der Waals surface area contributed by atoms with Gasteiger partial charge in [0, 0.05) is 21.8 Å². The van der Waals surface area contributed by atoms with Gasteiger partial charge in [-0.05, 0) is 74.4 Å². The minimum atomic E-state index is -0.140. The van der Waals surface area contributed by atoms with Crippen LogP contribution in [0.15, 0.2) is 71.6 Å². The largest absolute Gasteiger partial charge is 0.325 e. The van der Waals surface area contributed by atoms with Crippen LogP contribution in [0, 0.1) is 20.8 Å². The Balaban J connectivity index is 1.52. The second-order valence-electron chi connectivity index (χ2n) is 6.93. The number of hydrogen-bond donors (Lipinski definition) is 2. The third-order valence-corrected chi connectivity index (χ3v) is 5.69. The quantitative estimate of drug-likeness (QED) is 0.526. The van der Waals surface area contributed by atoms with E-state index in [1.807, 2.05) is 87.5 Å². The van der Waals surface area contributed by atoms with Crippen molar-refractivity contribution in [2.24, 2.45) is 0 Å². The Kier molecular flexibility index (Phi) is 6.73. The van der Waals surface area contributed by atoms with Crippen LogP contribution in [0.3, 0.4) is 0 Å². The zero-order chi connectivity index (χ0) is 20.8. The number of carbonyl (C=O) groups excluding carboxylic acids is 2. The highest BCUT2D eigenvalue weighted by molar-refractivity contribution is 8.00. The summed E-state index contributed by atoms with van der Waals surface area (Å²) in [5.74, 6) is 0.140. The molecule has 0 fully saturated rings. The monoisotopic (exact) mass is 404 g/mol. The van der Waals surface area contributed by atoms with Crippen LogP contribution in [0.2, 0.25) is 0 Å². The maximum absolute atomic E-state index is 12.3. The molecule has 5 heteroatoms. The van der Waals surface area contributed by atoms with Crippen LogP contribution in [0.5, 0.6) is 0 Å². The minimum Gasteiger partial charge on any atom is -0.325 e. The summed E-state index contributed by atoms with van der Waals surface area (Å²) in [7, 11) is 0. The van der Waals surface area contributed by atoms with E-state index in [0.29, 0.717) is 11.3 Å². The molecule has 0 unspecified atom stereocenters. The average molecular weight is 405 g/mol. The molecule has 0 saturated carbocycles. The van der Waals surface area contributed by atoms with E-state index in [1.54, 1.807) is 0 Å². The maximum atomic E-state index is 12.3. The molecule has 0 radical (unpaired) electrons. The fourth-order valence-corrected chi connectivity index (χ4v) is 3.46. The van der Waals surface area contributed by atoms with Gasteiger partial charge in [-0.2, -0.15) is 0 Å². The van der Waals surface area contributed by atoms with Gasteiger partial charge in [0.2, 0.25) is 5.91 Å². The van der Waals surface area contributed by atoms with Gasteiger partial charge in [-0.1, -0.05) is 29.8 Å². The van der Waals surface area contributed by atoms with E-state index in [4.69, 9.17) is 0 Å². The zero-order valence-corrected chi connectivity index (χ0v) is 17.6. The summed E-state index contributed by atoms with van der Waals surface area (Å²) in [6.45, 7) is 6.01. The number of aryl methyl sites for hydroxylation is 2. The van der Waals surface area contributed by atoms with E-state index >= 15 is 0 Å². The van der Waals surface area contributed by atoms with E-state index in [1.165, 1.54) is 11.8 Å². The van der Waals surface area contributed by atoms with Gasteiger partial charge in [0.1, 0.15) is 0 Å². The Morgan fingerprint density at radius 3 is 2.21 bits per heavy atom. The number of hydrogen-bond acceptors (Lipinski definition) is 3. The van der Waals surface area contributed by atoms with E-state index in [0.717, 1.165) is 33.0 Å². The van der Waals surface area contributed by atoms with Crippen molar-refractivity contribution >= 4 is 35.0 Å². The predicted molar refractivity (Wildman–Crippen MR) is 121 cm³/mol. The lowest BCUT2D eigenvalue weighted by Gasteiger charge is -2.10. The molecule has 0 atom stereocenters. The molecule has 0 heterocycles. The van der Waals surface area contributed by atoms with Crippen LogP contribution >= 0.6 is 11.8 Å². The summed E-state index contributed by atoms with van der Waals surface area (Å²) in [6.07, 6.45) is 0. The summed E-state index contributed by atoms with van der Waals surface area (Å²) >= 11 is 1.46. The average Bonchev–Trinajstić information content (AvgIpc) is 2.71. The smallest absolute Gasteiger partial charge is 0.255 e. The molecule has 0 spiro atoms. The molecule has 148 valence electrons. The Bertz CT molecular complexity index is 1010. The molecule has 2 amide bonds. The summed E-state index contributed by atoms with van der Waals surface area (Å²) in [5.41, 5.74) is 5.55. The molecule has 0 aliphatic heterocycles. The molecular weight excluding hydrogens is 380 g/mol. The fourth-order valence-electron chi connectivity index (χ4n) is 2.76. The number of thioether (sulfide) groups is 1. The number of nitrogens with one attached hydrogen (secondary N) is 2. The number of anilines is 2. The first-order valence-electron chi connectivity index (χ1n) is 9.39. The maximum Gasteiger partial charge on any atom is 0.255 e. The molecule has 4 nitrogen and oxygen atoms in total. The number of amides is 2. The molecule has 2 N–H and O–H groups in total. The lowest BCUT2D eigenvalue weighted by molar-refractivity contribution is -0.113. The van der Waals surface area contributed by atoms with Crippen molar-refractivity contribution < 1.29 is 9.59 Å². The van der Waals surface area contributed by atoms with Gasteiger partial charge in [-0.25, -0.2) is 0 Å². The van der Waals surface area contributed by atoms with Crippen LogP contribution in [0.4, 0.5) is 11.4 Å². The molecule has 0 bridgehead atoms. The Morgan fingerprint density at radius 2 is 1.52 bits per heavy atom. The molecule has 3 rings (SSSR count). The van der Waals surface area contributed by atoms with Gasteiger partial charge in [-0.3, -0.25) is 9.59 Å². The standard InChI is InChI=1S/C24H24N2O2S/c1-16-7-9-19(10-8-16)24(28)25-20-11-13-21(14-12-20)29-15-23(27)26-22-6-4-5-17(2)18(22)3/h4-14H,15H2,1-3H3,(H,25,28)(H,26,27). The van der Waals surface area contributed by atoms with Crippen LogP contribution in [0.1, 0.15) is 27.0 Å². The highest BCUT2D eigenvalue weighted by Crippen LogP contribution is 2.22. The Labute approximate surface area is 175 Å². The summed E-state index contributed by atoms with van der Waals surface area (Å²) in [6, 6.07) is 20.8. The van der Waals surface area contributed by atoms with Crippen molar-refractivity contribution in [1.82, 2.24) is 0 Å². The molecule has 3 aromatic rings. The second-order valence-corrected chi connectivity index (χ2v) is 7.98. The van der Waals surface area contributed by atoms with Crippen molar-refractivity contribution in [1.29, 1.82) is 0 Å². The van der Waals surface area contributed by atoms with Gasteiger partial charge in [0.25, 0.3) is 5.91 Å². The second kappa shape index (κ2) is 9.43. The van der Waals surface area contributed by atoms with Crippen molar-refractivity contribution in [2.45, 2.75) is 25.7 Å². The summed E-state index contributed by atoms with van der Waals surface area (Å²) in [5, 5.41) is 5.85. The van der Waals surface area contributed by atoms with Crippen molar-refractivity contribution in [2.75, 3.05) is 16.4 Å².